The van der Waals surface area contributed by atoms with E-state index in [1.807, 2.05) is 0 Å². The molecule has 2 aromatic rings. The lowest BCUT2D eigenvalue weighted by Crippen LogP contribution is -2.30. The molecule has 1 aromatic carbocycles. The predicted octanol–water partition coefficient (Wildman–Crippen LogP) is 3.19. The van der Waals surface area contributed by atoms with Crippen molar-refractivity contribution in [2.24, 2.45) is 0 Å². The van der Waals surface area contributed by atoms with Gasteiger partial charge in [-0.3, -0.25) is 4.79 Å². The number of esters is 1. The maximum atomic E-state index is 11.9. The Hall–Kier alpha value is -1.47. The molecule has 1 aromatic heterocycles. The average molecular weight is 357 g/mol. The second-order valence-electron chi connectivity index (χ2n) is 4.62. The summed E-state index contributed by atoms with van der Waals surface area (Å²) in [4.78, 5) is 27.6. The van der Waals surface area contributed by atoms with E-state index in [-0.39, 0.29) is 5.91 Å². The minimum absolute atomic E-state index is 0.176. The Labute approximate surface area is 128 Å². The van der Waals surface area contributed by atoms with Crippen molar-refractivity contribution < 1.29 is 14.3 Å². The Morgan fingerprint density at radius 3 is 2.70 bits per heavy atom. The van der Waals surface area contributed by atoms with Gasteiger partial charge < -0.3 is 10.1 Å². The van der Waals surface area contributed by atoms with Gasteiger partial charge in [-0.25, -0.2) is 9.78 Å². The highest BCUT2D eigenvalue weighted by atomic mass is 79.9. The van der Waals surface area contributed by atoms with E-state index in [2.05, 4.69) is 31.0 Å². The van der Waals surface area contributed by atoms with Crippen LogP contribution in [-0.2, 0) is 9.53 Å². The first kappa shape index (κ1) is 14.9. The average Bonchev–Trinajstić information content (AvgIpc) is 2.77. The van der Waals surface area contributed by atoms with Gasteiger partial charge in [0.1, 0.15) is 0 Å². The molecule has 7 heteroatoms. The Bertz CT molecular complexity index is 676. The Morgan fingerprint density at radius 1 is 1.40 bits per heavy atom. The standard InChI is InChI=1S/C13H13BrN2O3S/c1-13(2,14)11(18)16-12-15-8-5-4-7(10(17)19-3)6-9(8)20-12/h4-6H,1-3H3,(H,15,16,18). The van der Waals surface area contributed by atoms with Crippen LogP contribution in [0.1, 0.15) is 24.2 Å². The van der Waals surface area contributed by atoms with Crippen molar-refractivity contribution in [1.82, 2.24) is 4.98 Å². The van der Waals surface area contributed by atoms with E-state index in [1.165, 1.54) is 18.4 Å². The minimum Gasteiger partial charge on any atom is -0.465 e. The molecule has 0 aliphatic carbocycles. The van der Waals surface area contributed by atoms with E-state index in [0.717, 1.165) is 10.2 Å². The number of carbonyl (C=O) groups excluding carboxylic acids is 2. The van der Waals surface area contributed by atoms with Crippen molar-refractivity contribution in [3.05, 3.63) is 23.8 Å². The maximum absolute atomic E-state index is 11.9. The van der Waals surface area contributed by atoms with Crippen molar-refractivity contribution >= 4 is 54.5 Å². The number of halogens is 1. The second kappa shape index (κ2) is 5.49. The van der Waals surface area contributed by atoms with Crippen LogP contribution in [0.2, 0.25) is 0 Å². The molecule has 5 nitrogen and oxygen atoms in total. The van der Waals surface area contributed by atoms with Gasteiger partial charge in [0, 0.05) is 0 Å². The fourth-order valence-electron chi connectivity index (χ4n) is 1.47. The number of hydrogen-bond acceptors (Lipinski definition) is 5. The minimum atomic E-state index is -0.665. The lowest BCUT2D eigenvalue weighted by Gasteiger charge is -2.13. The van der Waals surface area contributed by atoms with E-state index in [9.17, 15) is 9.59 Å². The highest BCUT2D eigenvalue weighted by Gasteiger charge is 2.24. The SMILES string of the molecule is COC(=O)c1ccc2nc(NC(=O)C(C)(C)Br)sc2c1. The number of thiazole rings is 1. The summed E-state index contributed by atoms with van der Waals surface area (Å²) in [5.41, 5.74) is 1.19. The van der Waals surface area contributed by atoms with Crippen LogP contribution < -0.4 is 5.32 Å². The smallest absolute Gasteiger partial charge is 0.337 e. The van der Waals surface area contributed by atoms with Crippen LogP contribution in [0.15, 0.2) is 18.2 Å². The van der Waals surface area contributed by atoms with Crippen molar-refractivity contribution in [2.45, 2.75) is 18.2 Å². The number of nitrogens with zero attached hydrogens (tertiary/aromatic N) is 1. The Kier molecular flexibility index (Phi) is 4.10. The molecular weight excluding hydrogens is 344 g/mol. The first-order valence-electron chi connectivity index (χ1n) is 5.80. The molecule has 0 saturated heterocycles. The summed E-state index contributed by atoms with van der Waals surface area (Å²) in [7, 11) is 1.34. The summed E-state index contributed by atoms with van der Waals surface area (Å²) in [5.74, 6) is -0.572. The molecule has 0 radical (unpaired) electrons. The van der Waals surface area contributed by atoms with Gasteiger partial charge in [0.2, 0.25) is 5.91 Å². The van der Waals surface area contributed by atoms with Crippen LogP contribution in [0.3, 0.4) is 0 Å². The number of carbonyl (C=O) groups is 2. The monoisotopic (exact) mass is 356 g/mol. The number of ether oxygens (including phenoxy) is 1. The zero-order chi connectivity index (χ0) is 14.9. The molecule has 0 saturated carbocycles. The number of benzene rings is 1. The van der Waals surface area contributed by atoms with Gasteiger partial charge in [0.05, 0.1) is 27.2 Å². The predicted molar refractivity (Wildman–Crippen MR) is 82.6 cm³/mol. The van der Waals surface area contributed by atoms with Gasteiger partial charge >= 0.3 is 5.97 Å². The van der Waals surface area contributed by atoms with E-state index < -0.39 is 10.3 Å². The van der Waals surface area contributed by atoms with Gasteiger partial charge in [0.15, 0.2) is 5.13 Å². The molecule has 106 valence electrons. The molecule has 2 rings (SSSR count). The number of methoxy groups -OCH3 is 1. The number of alkyl halides is 1. The second-order valence-corrected chi connectivity index (χ2v) is 7.63. The molecule has 0 fully saturated rings. The maximum Gasteiger partial charge on any atom is 0.337 e. The van der Waals surface area contributed by atoms with E-state index in [0.29, 0.717) is 10.7 Å². The first-order valence-corrected chi connectivity index (χ1v) is 7.41. The van der Waals surface area contributed by atoms with Gasteiger partial charge in [-0.05, 0) is 32.0 Å². The van der Waals surface area contributed by atoms with Gasteiger partial charge in [-0.2, -0.15) is 0 Å². The molecule has 0 atom stereocenters. The molecule has 0 spiro atoms. The van der Waals surface area contributed by atoms with Crippen molar-refractivity contribution in [3.63, 3.8) is 0 Å². The fraction of sp³-hybridized carbons (Fsp3) is 0.308. The molecular formula is C13H13BrN2O3S. The molecule has 0 unspecified atom stereocenters. The fourth-order valence-corrected chi connectivity index (χ4v) is 2.47. The third-order valence-corrected chi connectivity index (χ3v) is 3.86. The molecule has 0 aliphatic rings. The van der Waals surface area contributed by atoms with Gasteiger partial charge in [-0.1, -0.05) is 27.3 Å². The van der Waals surface area contributed by atoms with Crippen LogP contribution >= 0.6 is 27.3 Å². The topological polar surface area (TPSA) is 68.3 Å². The molecule has 0 bridgehead atoms. The number of anilines is 1. The van der Waals surface area contributed by atoms with E-state index in [4.69, 9.17) is 0 Å². The number of nitrogens with one attached hydrogen (secondary N) is 1. The highest BCUT2D eigenvalue weighted by Crippen LogP contribution is 2.28. The van der Waals surface area contributed by atoms with Crippen LogP contribution in [0.5, 0.6) is 0 Å². The zero-order valence-electron chi connectivity index (χ0n) is 11.2. The van der Waals surface area contributed by atoms with Crippen LogP contribution in [0.25, 0.3) is 10.2 Å². The highest BCUT2D eigenvalue weighted by molar-refractivity contribution is 9.10. The number of rotatable bonds is 3. The Morgan fingerprint density at radius 2 is 2.10 bits per heavy atom. The number of aromatic nitrogens is 1. The lowest BCUT2D eigenvalue weighted by molar-refractivity contribution is -0.117. The number of hydrogen-bond donors (Lipinski definition) is 1. The van der Waals surface area contributed by atoms with Crippen LogP contribution in [-0.4, -0.2) is 28.3 Å². The Balaban J connectivity index is 2.30. The van der Waals surface area contributed by atoms with Gasteiger partial charge in [-0.15, -0.1) is 0 Å². The van der Waals surface area contributed by atoms with Crippen molar-refractivity contribution in [1.29, 1.82) is 0 Å². The zero-order valence-corrected chi connectivity index (χ0v) is 13.6. The summed E-state index contributed by atoms with van der Waals surface area (Å²) >= 11 is 4.60. The van der Waals surface area contributed by atoms with Crippen molar-refractivity contribution in [3.8, 4) is 0 Å². The molecule has 1 heterocycles. The van der Waals surface area contributed by atoms with Gasteiger partial charge in [0.25, 0.3) is 0 Å². The number of fused-ring (bicyclic) bond motifs is 1. The number of amides is 1. The summed E-state index contributed by atoms with van der Waals surface area (Å²) in [6.07, 6.45) is 0. The third kappa shape index (κ3) is 3.16. The first-order chi connectivity index (χ1) is 9.31. The van der Waals surface area contributed by atoms with Crippen molar-refractivity contribution in [2.75, 3.05) is 12.4 Å². The lowest BCUT2D eigenvalue weighted by atomic mass is 10.2. The largest absolute Gasteiger partial charge is 0.465 e. The molecule has 1 N–H and O–H groups in total. The molecule has 1 amide bonds. The summed E-state index contributed by atoms with van der Waals surface area (Å²) in [5, 5.41) is 3.24. The quantitative estimate of drug-likeness (QED) is 0.677. The summed E-state index contributed by atoms with van der Waals surface area (Å²) < 4.78 is 4.82. The third-order valence-electron chi connectivity index (χ3n) is 2.57. The normalized spacial score (nSPS) is 11.4. The summed E-state index contributed by atoms with van der Waals surface area (Å²) in [6, 6.07) is 5.08. The van der Waals surface area contributed by atoms with E-state index in [1.54, 1.807) is 32.0 Å². The molecule has 20 heavy (non-hydrogen) atoms. The van der Waals surface area contributed by atoms with Crippen LogP contribution in [0, 0.1) is 0 Å². The van der Waals surface area contributed by atoms with E-state index >= 15 is 0 Å². The molecule has 0 aliphatic heterocycles. The summed E-state index contributed by atoms with van der Waals surface area (Å²) in [6.45, 7) is 3.51. The van der Waals surface area contributed by atoms with Crippen LogP contribution in [0.4, 0.5) is 5.13 Å².